The highest BCUT2D eigenvalue weighted by molar-refractivity contribution is 5.92. The molecule has 1 atom stereocenters. The molecule has 136 valence electrons. The van der Waals surface area contributed by atoms with E-state index in [4.69, 9.17) is 4.74 Å². The number of urea groups is 1. The SMILES string of the molecule is COc1ccc([C@H]2CCCN2C(=O)Nc2ccc(C)cc2[N+](=O)[O-])cc1. The molecule has 0 aliphatic carbocycles. The summed E-state index contributed by atoms with van der Waals surface area (Å²) in [5.74, 6) is 0.762. The Morgan fingerprint density at radius 1 is 1.27 bits per heavy atom. The van der Waals surface area contributed by atoms with E-state index in [0.717, 1.165) is 29.7 Å². The lowest BCUT2D eigenvalue weighted by molar-refractivity contribution is -0.384. The molecule has 0 bridgehead atoms. The number of likely N-dealkylation sites (tertiary alicyclic amines) is 1. The van der Waals surface area contributed by atoms with Crippen LogP contribution in [0.3, 0.4) is 0 Å². The third-order valence-electron chi connectivity index (χ3n) is 4.61. The highest BCUT2D eigenvalue weighted by atomic mass is 16.6. The Balaban J connectivity index is 1.79. The minimum atomic E-state index is -0.479. The molecule has 1 saturated heterocycles. The number of amides is 2. The van der Waals surface area contributed by atoms with E-state index in [0.29, 0.717) is 6.54 Å². The summed E-state index contributed by atoms with van der Waals surface area (Å²) >= 11 is 0. The molecule has 0 radical (unpaired) electrons. The molecule has 1 aliphatic rings. The lowest BCUT2D eigenvalue weighted by atomic mass is 10.0. The second kappa shape index (κ2) is 7.43. The first-order valence-electron chi connectivity index (χ1n) is 8.46. The summed E-state index contributed by atoms with van der Waals surface area (Å²) in [6, 6.07) is 12.0. The van der Waals surface area contributed by atoms with Crippen LogP contribution in [0, 0.1) is 17.0 Å². The monoisotopic (exact) mass is 355 g/mol. The van der Waals surface area contributed by atoms with Crippen molar-refractivity contribution in [1.82, 2.24) is 4.90 Å². The average Bonchev–Trinajstić information content (AvgIpc) is 3.13. The van der Waals surface area contributed by atoms with Crippen molar-refractivity contribution in [2.24, 2.45) is 0 Å². The van der Waals surface area contributed by atoms with Gasteiger partial charge in [0.15, 0.2) is 0 Å². The van der Waals surface area contributed by atoms with E-state index < -0.39 is 4.92 Å². The fourth-order valence-corrected chi connectivity index (χ4v) is 3.27. The summed E-state index contributed by atoms with van der Waals surface area (Å²) in [6.07, 6.45) is 1.75. The molecule has 0 unspecified atom stereocenters. The molecule has 1 N–H and O–H groups in total. The van der Waals surface area contributed by atoms with Crippen LogP contribution < -0.4 is 10.1 Å². The van der Waals surface area contributed by atoms with E-state index in [-0.39, 0.29) is 23.4 Å². The van der Waals surface area contributed by atoms with Crippen LogP contribution in [-0.4, -0.2) is 29.5 Å². The Morgan fingerprint density at radius 2 is 2.00 bits per heavy atom. The largest absolute Gasteiger partial charge is 0.497 e. The number of hydrogen-bond donors (Lipinski definition) is 1. The molecule has 2 aromatic rings. The van der Waals surface area contributed by atoms with Crippen molar-refractivity contribution in [2.45, 2.75) is 25.8 Å². The molecule has 7 nitrogen and oxygen atoms in total. The standard InChI is InChI=1S/C19H21N3O4/c1-13-5-10-16(18(12-13)22(24)25)20-19(23)21-11-3-4-17(21)14-6-8-15(26-2)9-7-14/h5-10,12,17H,3-4,11H2,1-2H3,(H,20,23)/t17-/m1/s1. The minimum absolute atomic E-state index is 0.0505. The molecule has 0 saturated carbocycles. The summed E-state index contributed by atoms with van der Waals surface area (Å²) in [4.78, 5) is 25.2. The summed E-state index contributed by atoms with van der Waals surface area (Å²) in [5, 5.41) is 14.0. The van der Waals surface area contributed by atoms with Gasteiger partial charge in [-0.25, -0.2) is 4.79 Å². The second-order valence-corrected chi connectivity index (χ2v) is 6.33. The molecule has 0 aromatic heterocycles. The molecule has 26 heavy (non-hydrogen) atoms. The third kappa shape index (κ3) is 3.61. The summed E-state index contributed by atoms with van der Waals surface area (Å²) in [6.45, 7) is 2.39. The first-order valence-corrected chi connectivity index (χ1v) is 8.46. The Morgan fingerprint density at radius 3 is 2.65 bits per heavy atom. The van der Waals surface area contributed by atoms with E-state index in [1.807, 2.05) is 24.3 Å². The van der Waals surface area contributed by atoms with Crippen LogP contribution in [0.25, 0.3) is 0 Å². The number of hydrogen-bond acceptors (Lipinski definition) is 4. The number of nitro groups is 1. The maximum Gasteiger partial charge on any atom is 0.322 e. The highest BCUT2D eigenvalue weighted by Crippen LogP contribution is 2.34. The zero-order valence-corrected chi connectivity index (χ0v) is 14.8. The number of carbonyl (C=O) groups is 1. The zero-order valence-electron chi connectivity index (χ0n) is 14.8. The Bertz CT molecular complexity index is 820. The fraction of sp³-hybridized carbons (Fsp3) is 0.316. The quantitative estimate of drug-likeness (QED) is 0.655. The van der Waals surface area contributed by atoms with Crippen LogP contribution >= 0.6 is 0 Å². The molecule has 1 heterocycles. The summed E-state index contributed by atoms with van der Waals surface area (Å²) in [5.41, 5.74) is 1.91. The van der Waals surface area contributed by atoms with Crippen LogP contribution in [0.1, 0.15) is 30.0 Å². The van der Waals surface area contributed by atoms with Crippen LogP contribution in [0.5, 0.6) is 5.75 Å². The normalized spacial score (nSPS) is 16.4. The smallest absolute Gasteiger partial charge is 0.322 e. The van der Waals surface area contributed by atoms with Gasteiger partial charge in [-0.15, -0.1) is 0 Å². The predicted molar refractivity (Wildman–Crippen MR) is 98.5 cm³/mol. The third-order valence-corrected chi connectivity index (χ3v) is 4.61. The van der Waals surface area contributed by atoms with Crippen LogP contribution in [0.4, 0.5) is 16.2 Å². The fourth-order valence-electron chi connectivity index (χ4n) is 3.27. The molecule has 2 aromatic carbocycles. The first-order chi connectivity index (χ1) is 12.5. The van der Waals surface area contributed by atoms with E-state index >= 15 is 0 Å². The van der Waals surface area contributed by atoms with Crippen molar-refractivity contribution < 1.29 is 14.5 Å². The molecule has 0 spiro atoms. The number of benzene rings is 2. The van der Waals surface area contributed by atoms with Gasteiger partial charge in [-0.3, -0.25) is 10.1 Å². The van der Waals surface area contributed by atoms with Gasteiger partial charge in [0.2, 0.25) is 0 Å². The molecular formula is C19H21N3O4. The van der Waals surface area contributed by atoms with Crippen LogP contribution in [0.2, 0.25) is 0 Å². The minimum Gasteiger partial charge on any atom is -0.497 e. The van der Waals surface area contributed by atoms with E-state index in [1.54, 1.807) is 31.1 Å². The number of nitrogens with zero attached hydrogens (tertiary/aromatic N) is 2. The number of ether oxygens (including phenoxy) is 1. The van der Waals surface area contributed by atoms with Gasteiger partial charge >= 0.3 is 6.03 Å². The van der Waals surface area contributed by atoms with E-state index in [1.165, 1.54) is 6.07 Å². The zero-order chi connectivity index (χ0) is 18.7. The number of nitrogens with one attached hydrogen (secondary N) is 1. The number of aryl methyl sites for hydroxylation is 1. The van der Waals surface area contributed by atoms with Gasteiger partial charge in [0.25, 0.3) is 5.69 Å². The van der Waals surface area contributed by atoms with E-state index in [2.05, 4.69) is 5.32 Å². The second-order valence-electron chi connectivity index (χ2n) is 6.33. The predicted octanol–water partition coefficient (Wildman–Crippen LogP) is 4.28. The molecule has 1 aliphatic heterocycles. The van der Waals surface area contributed by atoms with Crippen molar-refractivity contribution in [3.63, 3.8) is 0 Å². The average molecular weight is 355 g/mol. The summed E-state index contributed by atoms with van der Waals surface area (Å²) in [7, 11) is 1.61. The number of carbonyl (C=O) groups excluding carboxylic acids is 1. The van der Waals surface area contributed by atoms with Gasteiger partial charge in [-0.2, -0.15) is 0 Å². The van der Waals surface area contributed by atoms with Gasteiger partial charge in [0.05, 0.1) is 18.1 Å². The molecule has 3 rings (SSSR count). The van der Waals surface area contributed by atoms with Gasteiger partial charge in [0, 0.05) is 12.6 Å². The van der Waals surface area contributed by atoms with Crippen molar-refractivity contribution in [3.05, 3.63) is 63.7 Å². The van der Waals surface area contributed by atoms with Crippen molar-refractivity contribution in [3.8, 4) is 5.75 Å². The maximum absolute atomic E-state index is 12.7. The van der Waals surface area contributed by atoms with Crippen molar-refractivity contribution in [2.75, 3.05) is 19.0 Å². The highest BCUT2D eigenvalue weighted by Gasteiger charge is 2.31. The Kier molecular flexibility index (Phi) is 5.06. The number of methoxy groups -OCH3 is 1. The van der Waals surface area contributed by atoms with Crippen molar-refractivity contribution in [1.29, 1.82) is 0 Å². The Hall–Kier alpha value is -3.09. The van der Waals surface area contributed by atoms with Gasteiger partial charge in [0.1, 0.15) is 11.4 Å². The van der Waals surface area contributed by atoms with Crippen LogP contribution in [0.15, 0.2) is 42.5 Å². The topological polar surface area (TPSA) is 84.7 Å². The number of rotatable bonds is 4. The molecule has 7 heteroatoms. The van der Waals surface area contributed by atoms with E-state index in [9.17, 15) is 14.9 Å². The Labute approximate surface area is 151 Å². The van der Waals surface area contributed by atoms with Gasteiger partial charge < -0.3 is 15.0 Å². The molecular weight excluding hydrogens is 334 g/mol. The number of nitro benzene ring substituents is 1. The molecule has 1 fully saturated rings. The lowest BCUT2D eigenvalue weighted by Crippen LogP contribution is -2.34. The molecule has 2 amide bonds. The number of anilines is 1. The van der Waals surface area contributed by atoms with Gasteiger partial charge in [-0.1, -0.05) is 18.2 Å². The maximum atomic E-state index is 12.7. The first kappa shape index (κ1) is 17.7. The van der Waals surface area contributed by atoms with Crippen molar-refractivity contribution >= 4 is 17.4 Å². The lowest BCUT2D eigenvalue weighted by Gasteiger charge is -2.25. The van der Waals surface area contributed by atoms with Gasteiger partial charge in [-0.05, 0) is 49.1 Å². The van der Waals surface area contributed by atoms with Crippen LogP contribution in [-0.2, 0) is 0 Å². The summed E-state index contributed by atoms with van der Waals surface area (Å²) < 4.78 is 5.17.